The van der Waals surface area contributed by atoms with Crippen LogP contribution < -0.4 is 10.6 Å². The molecule has 2 bridgehead atoms. The van der Waals surface area contributed by atoms with E-state index in [1.54, 1.807) is 12.5 Å². The summed E-state index contributed by atoms with van der Waals surface area (Å²) in [6.07, 6.45) is 6.91. The van der Waals surface area contributed by atoms with Crippen molar-refractivity contribution in [2.24, 2.45) is 17.8 Å². The highest BCUT2D eigenvalue weighted by atomic mass is 16.4. The zero-order valence-electron chi connectivity index (χ0n) is 11.7. The Bertz CT molecular complexity index is 516. The molecule has 7 nitrogen and oxygen atoms in total. The predicted molar refractivity (Wildman–Crippen MR) is 74.6 cm³/mol. The number of carbonyl (C=O) groups excluding carboxylic acids is 1. The maximum Gasteiger partial charge on any atom is 0.315 e. The average Bonchev–Trinajstić information content (AvgIpc) is 3.14. The van der Waals surface area contributed by atoms with Gasteiger partial charge in [0.15, 0.2) is 0 Å². The van der Waals surface area contributed by atoms with Crippen molar-refractivity contribution in [3.8, 4) is 0 Å². The molecule has 4 unspecified atom stereocenters. The van der Waals surface area contributed by atoms with Crippen molar-refractivity contribution in [1.29, 1.82) is 0 Å². The highest BCUT2D eigenvalue weighted by Gasteiger charge is 2.51. The van der Waals surface area contributed by atoms with Crippen LogP contribution in [0, 0.1) is 17.8 Å². The third-order valence-electron chi connectivity index (χ3n) is 4.73. The molecule has 1 heterocycles. The van der Waals surface area contributed by atoms with E-state index in [4.69, 9.17) is 0 Å². The molecule has 114 valence electrons. The van der Waals surface area contributed by atoms with Gasteiger partial charge in [-0.2, -0.15) is 0 Å². The lowest BCUT2D eigenvalue weighted by Crippen LogP contribution is -2.50. The molecule has 4 atom stereocenters. The van der Waals surface area contributed by atoms with Gasteiger partial charge in [0.25, 0.3) is 0 Å². The molecule has 4 N–H and O–H groups in total. The molecular formula is C14H20N4O3. The fourth-order valence-electron chi connectivity index (χ4n) is 3.79. The lowest BCUT2D eigenvalue weighted by Gasteiger charge is -2.28. The number of aromatic amines is 1. The molecule has 2 fully saturated rings. The second-order valence-corrected chi connectivity index (χ2v) is 5.95. The average molecular weight is 292 g/mol. The van der Waals surface area contributed by atoms with Gasteiger partial charge in [-0.15, -0.1) is 0 Å². The highest BCUT2D eigenvalue weighted by molar-refractivity contribution is 5.77. The van der Waals surface area contributed by atoms with Gasteiger partial charge in [0.1, 0.15) is 0 Å². The van der Waals surface area contributed by atoms with Gasteiger partial charge in [-0.05, 0) is 31.1 Å². The number of urea groups is 1. The van der Waals surface area contributed by atoms with Crippen LogP contribution in [0.5, 0.6) is 0 Å². The van der Waals surface area contributed by atoms with E-state index in [1.165, 1.54) is 0 Å². The Morgan fingerprint density at radius 3 is 2.90 bits per heavy atom. The van der Waals surface area contributed by atoms with Crippen molar-refractivity contribution in [2.75, 3.05) is 6.54 Å². The molecule has 1 aromatic heterocycles. The number of rotatable bonds is 5. The Morgan fingerprint density at radius 2 is 2.19 bits per heavy atom. The largest absolute Gasteiger partial charge is 0.481 e. The van der Waals surface area contributed by atoms with Crippen LogP contribution in [0.25, 0.3) is 0 Å². The summed E-state index contributed by atoms with van der Waals surface area (Å²) in [5.74, 6) is -0.677. The van der Waals surface area contributed by atoms with Crippen LogP contribution >= 0.6 is 0 Å². The first-order valence-electron chi connectivity index (χ1n) is 7.39. The van der Waals surface area contributed by atoms with Gasteiger partial charge in [0, 0.05) is 30.9 Å². The summed E-state index contributed by atoms with van der Waals surface area (Å²) in [5.41, 5.74) is 0.957. The van der Waals surface area contributed by atoms with Crippen molar-refractivity contribution in [2.45, 2.75) is 31.7 Å². The number of aromatic nitrogens is 2. The first-order valence-corrected chi connectivity index (χ1v) is 7.39. The first-order chi connectivity index (χ1) is 10.1. The quantitative estimate of drug-likeness (QED) is 0.642. The standard InChI is InChI=1S/C14H20N4O3/c19-13(20)11-8-1-2-9(5-8)12(11)18-14(21)16-4-3-10-6-15-7-17-10/h6-9,11-12H,1-5H2,(H,15,17)(H,19,20)(H2,16,18,21). The van der Waals surface area contributed by atoms with Gasteiger partial charge in [-0.3, -0.25) is 4.79 Å². The number of nitrogens with one attached hydrogen (secondary N) is 3. The minimum atomic E-state index is -0.787. The summed E-state index contributed by atoms with van der Waals surface area (Å²) >= 11 is 0. The van der Waals surface area contributed by atoms with Crippen LogP contribution in [-0.2, 0) is 11.2 Å². The second-order valence-electron chi connectivity index (χ2n) is 5.95. The number of amides is 2. The molecule has 0 radical (unpaired) electrons. The molecule has 3 rings (SSSR count). The Morgan fingerprint density at radius 1 is 1.38 bits per heavy atom. The van der Waals surface area contributed by atoms with Gasteiger partial charge in [-0.1, -0.05) is 0 Å². The molecule has 0 saturated heterocycles. The smallest absolute Gasteiger partial charge is 0.315 e. The number of hydrogen-bond donors (Lipinski definition) is 4. The number of aliphatic carboxylic acids is 1. The van der Waals surface area contributed by atoms with E-state index < -0.39 is 11.9 Å². The fraction of sp³-hybridized carbons (Fsp3) is 0.643. The lowest BCUT2D eigenvalue weighted by molar-refractivity contribution is -0.144. The monoisotopic (exact) mass is 292 g/mol. The molecule has 1 aromatic rings. The summed E-state index contributed by atoms with van der Waals surface area (Å²) in [6.45, 7) is 0.493. The Labute approximate surface area is 122 Å². The van der Waals surface area contributed by atoms with E-state index in [0.29, 0.717) is 18.9 Å². The van der Waals surface area contributed by atoms with Gasteiger partial charge >= 0.3 is 12.0 Å². The normalized spacial score (nSPS) is 30.3. The molecular weight excluding hydrogens is 272 g/mol. The molecule has 2 amide bonds. The molecule has 2 aliphatic rings. The number of nitrogens with zero attached hydrogens (tertiary/aromatic N) is 1. The maximum atomic E-state index is 11.9. The van der Waals surface area contributed by atoms with Crippen LogP contribution in [0.4, 0.5) is 4.79 Å². The van der Waals surface area contributed by atoms with Crippen LogP contribution in [0.3, 0.4) is 0 Å². The minimum absolute atomic E-state index is 0.225. The number of fused-ring (bicyclic) bond motifs is 2. The number of carbonyl (C=O) groups is 2. The van der Waals surface area contributed by atoms with E-state index in [1.807, 2.05) is 0 Å². The number of imidazole rings is 1. The Hall–Kier alpha value is -2.05. The molecule has 0 aliphatic heterocycles. The van der Waals surface area contributed by atoms with E-state index in [0.717, 1.165) is 25.0 Å². The van der Waals surface area contributed by atoms with Gasteiger partial charge < -0.3 is 20.7 Å². The number of carboxylic acid groups (broad SMARTS) is 1. The highest BCUT2D eigenvalue weighted by Crippen LogP contribution is 2.48. The summed E-state index contributed by atoms with van der Waals surface area (Å²) in [4.78, 5) is 30.2. The van der Waals surface area contributed by atoms with Crippen molar-refractivity contribution in [1.82, 2.24) is 20.6 Å². The zero-order valence-corrected chi connectivity index (χ0v) is 11.7. The third-order valence-corrected chi connectivity index (χ3v) is 4.73. The third kappa shape index (κ3) is 2.86. The van der Waals surface area contributed by atoms with Gasteiger partial charge in [0.2, 0.25) is 0 Å². The van der Waals surface area contributed by atoms with E-state index >= 15 is 0 Å². The molecule has 7 heteroatoms. The molecule has 2 saturated carbocycles. The minimum Gasteiger partial charge on any atom is -0.481 e. The van der Waals surface area contributed by atoms with Crippen molar-refractivity contribution in [3.05, 3.63) is 18.2 Å². The Kier molecular flexibility index (Phi) is 3.81. The van der Waals surface area contributed by atoms with Gasteiger partial charge in [-0.25, -0.2) is 9.78 Å². The molecule has 0 aromatic carbocycles. The molecule has 0 spiro atoms. The summed E-state index contributed by atoms with van der Waals surface area (Å²) < 4.78 is 0. The summed E-state index contributed by atoms with van der Waals surface area (Å²) in [5, 5.41) is 15.0. The summed E-state index contributed by atoms with van der Waals surface area (Å²) in [6, 6.07) is -0.508. The number of H-pyrrole nitrogens is 1. The van der Waals surface area contributed by atoms with Crippen molar-refractivity contribution < 1.29 is 14.7 Å². The molecule has 21 heavy (non-hydrogen) atoms. The van der Waals surface area contributed by atoms with Gasteiger partial charge in [0.05, 0.1) is 12.2 Å². The predicted octanol–water partition coefficient (Wildman–Crippen LogP) is 0.751. The maximum absolute atomic E-state index is 11.9. The van der Waals surface area contributed by atoms with E-state index in [2.05, 4.69) is 20.6 Å². The number of carboxylic acids is 1. The number of hydrogen-bond acceptors (Lipinski definition) is 3. The first kappa shape index (κ1) is 13.9. The van der Waals surface area contributed by atoms with Crippen LogP contribution in [0.1, 0.15) is 25.0 Å². The van der Waals surface area contributed by atoms with Crippen LogP contribution in [-0.4, -0.2) is 39.7 Å². The topological polar surface area (TPSA) is 107 Å². The van der Waals surface area contributed by atoms with Crippen LogP contribution in [0.15, 0.2) is 12.5 Å². The van der Waals surface area contributed by atoms with Crippen LogP contribution in [0.2, 0.25) is 0 Å². The van der Waals surface area contributed by atoms with Crippen molar-refractivity contribution >= 4 is 12.0 Å². The second kappa shape index (κ2) is 5.75. The van der Waals surface area contributed by atoms with E-state index in [9.17, 15) is 14.7 Å². The molecule has 2 aliphatic carbocycles. The zero-order chi connectivity index (χ0) is 14.8. The fourth-order valence-corrected chi connectivity index (χ4v) is 3.79. The Balaban J connectivity index is 1.49. The van der Waals surface area contributed by atoms with E-state index in [-0.39, 0.29) is 18.0 Å². The van der Waals surface area contributed by atoms with Crippen molar-refractivity contribution in [3.63, 3.8) is 0 Å². The SMILES string of the molecule is O=C(NCCc1cnc[nH]1)NC1C2CCC(C2)C1C(=O)O. The summed E-state index contributed by atoms with van der Waals surface area (Å²) in [7, 11) is 0. The lowest BCUT2D eigenvalue weighted by atomic mass is 9.84.